The molecule has 0 amide bonds. The van der Waals surface area contributed by atoms with Crippen molar-refractivity contribution in [2.75, 3.05) is 7.05 Å². The summed E-state index contributed by atoms with van der Waals surface area (Å²) in [5.74, 6) is 0. The molecular formula is C9H16N2. The van der Waals surface area contributed by atoms with Crippen molar-refractivity contribution >= 4 is 0 Å². The van der Waals surface area contributed by atoms with E-state index in [1.807, 2.05) is 18.1 Å². The molecule has 0 saturated carbocycles. The topological polar surface area (TPSA) is 29.3 Å². The van der Waals surface area contributed by atoms with Crippen LogP contribution in [0.3, 0.4) is 0 Å². The summed E-state index contributed by atoms with van der Waals surface area (Å²) < 4.78 is 0. The molecule has 11 heavy (non-hydrogen) atoms. The van der Waals surface area contributed by atoms with E-state index in [2.05, 4.69) is 19.6 Å². The molecular weight excluding hydrogens is 136 g/mol. The first-order chi connectivity index (χ1) is 5.26. The van der Waals surface area contributed by atoms with E-state index in [-0.39, 0.29) is 0 Å². The van der Waals surface area contributed by atoms with Gasteiger partial charge in [-0.05, 0) is 18.7 Å². The summed E-state index contributed by atoms with van der Waals surface area (Å²) in [5, 5.41) is 0. The Hall–Kier alpha value is -1.18. The Labute approximate surface area is 68.7 Å². The number of hydrogen-bond acceptors (Lipinski definition) is 2. The van der Waals surface area contributed by atoms with Gasteiger partial charge < -0.3 is 10.6 Å². The van der Waals surface area contributed by atoms with E-state index in [4.69, 9.17) is 5.73 Å². The molecule has 0 aromatic carbocycles. The second-order valence-electron chi connectivity index (χ2n) is 2.20. The molecule has 0 spiro atoms. The Bertz CT molecular complexity index is 168. The first-order valence-electron chi connectivity index (χ1n) is 3.70. The molecule has 0 bridgehead atoms. The van der Waals surface area contributed by atoms with E-state index in [0.717, 1.165) is 12.1 Å². The Morgan fingerprint density at radius 3 is 2.64 bits per heavy atom. The smallest absolute Gasteiger partial charge is 0.0554 e. The van der Waals surface area contributed by atoms with Crippen molar-refractivity contribution in [3.63, 3.8) is 0 Å². The largest absolute Gasteiger partial charge is 0.403 e. The van der Waals surface area contributed by atoms with Gasteiger partial charge in [-0.3, -0.25) is 0 Å². The molecule has 0 aromatic heterocycles. The summed E-state index contributed by atoms with van der Waals surface area (Å²) in [6.07, 6.45) is 8.32. The maximum atomic E-state index is 5.35. The van der Waals surface area contributed by atoms with Crippen LogP contribution < -0.4 is 5.73 Å². The van der Waals surface area contributed by atoms with Crippen LogP contribution in [0.15, 0.2) is 36.8 Å². The van der Waals surface area contributed by atoms with Gasteiger partial charge >= 0.3 is 0 Å². The summed E-state index contributed by atoms with van der Waals surface area (Å²) in [7, 11) is 1.94. The molecule has 2 nitrogen and oxygen atoms in total. The van der Waals surface area contributed by atoms with Gasteiger partial charge in [-0.25, -0.2) is 0 Å². The summed E-state index contributed by atoms with van der Waals surface area (Å²) in [4.78, 5) is 1.93. The van der Waals surface area contributed by atoms with Crippen molar-refractivity contribution in [2.45, 2.75) is 13.3 Å². The van der Waals surface area contributed by atoms with Crippen LogP contribution >= 0.6 is 0 Å². The Morgan fingerprint density at radius 2 is 2.27 bits per heavy atom. The average molecular weight is 152 g/mol. The number of nitrogens with zero attached hydrogens (tertiary/aromatic N) is 1. The van der Waals surface area contributed by atoms with Gasteiger partial charge in [0.05, 0.1) is 5.70 Å². The second kappa shape index (κ2) is 5.59. The summed E-state index contributed by atoms with van der Waals surface area (Å²) >= 11 is 0. The van der Waals surface area contributed by atoms with Crippen LogP contribution in [0.5, 0.6) is 0 Å². The number of allylic oxidation sites excluding steroid dienone is 2. The first-order valence-corrected chi connectivity index (χ1v) is 3.70. The fraction of sp³-hybridized carbons (Fsp3) is 0.333. The lowest BCUT2D eigenvalue weighted by molar-refractivity contribution is 0.584. The third-order valence-electron chi connectivity index (χ3n) is 1.35. The molecule has 0 rings (SSSR count). The lowest BCUT2D eigenvalue weighted by atomic mass is 10.4. The molecule has 0 unspecified atom stereocenters. The third-order valence-corrected chi connectivity index (χ3v) is 1.35. The van der Waals surface area contributed by atoms with Crippen molar-refractivity contribution in [3.05, 3.63) is 36.8 Å². The molecule has 0 fully saturated rings. The molecule has 62 valence electrons. The monoisotopic (exact) mass is 152 g/mol. The Kier molecular flexibility index (Phi) is 4.99. The van der Waals surface area contributed by atoms with Crippen molar-refractivity contribution < 1.29 is 0 Å². The molecule has 0 heterocycles. The van der Waals surface area contributed by atoms with Gasteiger partial charge in [-0.1, -0.05) is 19.6 Å². The second-order valence-corrected chi connectivity index (χ2v) is 2.20. The molecule has 0 aliphatic carbocycles. The fourth-order valence-electron chi connectivity index (χ4n) is 0.679. The van der Waals surface area contributed by atoms with Crippen LogP contribution in [0.1, 0.15) is 13.3 Å². The van der Waals surface area contributed by atoms with E-state index in [1.54, 1.807) is 6.08 Å². The molecule has 0 radical (unpaired) electrons. The fourth-order valence-corrected chi connectivity index (χ4v) is 0.679. The maximum absolute atomic E-state index is 5.35. The summed E-state index contributed by atoms with van der Waals surface area (Å²) in [6, 6.07) is 0. The highest BCUT2D eigenvalue weighted by Crippen LogP contribution is 2.00. The summed E-state index contributed by atoms with van der Waals surface area (Å²) in [6.45, 7) is 5.72. The minimum atomic E-state index is 0.912. The Balaban J connectivity index is 4.10. The number of nitrogens with two attached hydrogens (primary N) is 1. The van der Waals surface area contributed by atoms with Crippen LogP contribution in [-0.4, -0.2) is 11.9 Å². The van der Waals surface area contributed by atoms with Crippen molar-refractivity contribution in [2.24, 2.45) is 5.73 Å². The van der Waals surface area contributed by atoms with Gasteiger partial charge in [0.25, 0.3) is 0 Å². The molecule has 0 saturated heterocycles. The Morgan fingerprint density at radius 1 is 1.64 bits per heavy atom. The quantitative estimate of drug-likeness (QED) is 0.623. The normalized spacial score (nSPS) is 12.0. The van der Waals surface area contributed by atoms with Gasteiger partial charge in [-0.2, -0.15) is 0 Å². The van der Waals surface area contributed by atoms with Gasteiger partial charge in [0.15, 0.2) is 0 Å². The zero-order valence-corrected chi connectivity index (χ0v) is 7.25. The van der Waals surface area contributed by atoms with Gasteiger partial charge in [-0.15, -0.1) is 0 Å². The van der Waals surface area contributed by atoms with E-state index < -0.39 is 0 Å². The molecule has 2 N–H and O–H groups in total. The van der Waals surface area contributed by atoms with Crippen LogP contribution in [-0.2, 0) is 0 Å². The third kappa shape index (κ3) is 3.50. The van der Waals surface area contributed by atoms with Gasteiger partial charge in [0.1, 0.15) is 0 Å². The zero-order chi connectivity index (χ0) is 8.69. The zero-order valence-electron chi connectivity index (χ0n) is 7.25. The maximum Gasteiger partial charge on any atom is 0.0554 e. The van der Waals surface area contributed by atoms with E-state index in [9.17, 15) is 0 Å². The SMILES string of the molecule is C=C/C(=C/N)N(C)/C=C\CC. The molecule has 0 aliphatic rings. The molecule has 0 atom stereocenters. The van der Waals surface area contributed by atoms with Crippen molar-refractivity contribution in [1.82, 2.24) is 4.90 Å². The highest BCUT2D eigenvalue weighted by atomic mass is 15.1. The number of hydrogen-bond donors (Lipinski definition) is 1. The molecule has 0 aromatic rings. The highest BCUT2D eigenvalue weighted by molar-refractivity contribution is 5.15. The van der Waals surface area contributed by atoms with Crippen LogP contribution in [0.4, 0.5) is 0 Å². The minimum Gasteiger partial charge on any atom is -0.403 e. The van der Waals surface area contributed by atoms with Crippen LogP contribution in [0.2, 0.25) is 0 Å². The predicted molar refractivity (Wildman–Crippen MR) is 49.7 cm³/mol. The minimum absolute atomic E-state index is 0.912. The predicted octanol–water partition coefficient (Wildman–Crippen LogP) is 1.83. The highest BCUT2D eigenvalue weighted by Gasteiger charge is 1.92. The lowest BCUT2D eigenvalue weighted by Gasteiger charge is -2.13. The summed E-state index contributed by atoms with van der Waals surface area (Å²) in [5.41, 5.74) is 6.26. The van der Waals surface area contributed by atoms with E-state index in [0.29, 0.717) is 0 Å². The first kappa shape index (κ1) is 9.82. The van der Waals surface area contributed by atoms with Crippen LogP contribution in [0.25, 0.3) is 0 Å². The average Bonchev–Trinajstić information content (AvgIpc) is 2.03. The van der Waals surface area contributed by atoms with E-state index >= 15 is 0 Å². The molecule has 0 aliphatic heterocycles. The van der Waals surface area contributed by atoms with Crippen molar-refractivity contribution in [3.8, 4) is 0 Å². The van der Waals surface area contributed by atoms with E-state index in [1.165, 1.54) is 6.20 Å². The standard InChI is InChI=1S/C9H16N2/c1-4-6-7-11(3)9(5-2)8-10/h5-8H,2,4,10H2,1,3H3/b7-6-,9-8-. The number of likely N-dealkylation sites (N-methyl/N-ethyl adjacent to an activating group) is 1. The lowest BCUT2D eigenvalue weighted by Crippen LogP contribution is -2.09. The number of rotatable bonds is 4. The van der Waals surface area contributed by atoms with Crippen LogP contribution in [0, 0.1) is 0 Å². The van der Waals surface area contributed by atoms with Gasteiger partial charge in [0.2, 0.25) is 0 Å². The van der Waals surface area contributed by atoms with Gasteiger partial charge in [0, 0.05) is 13.2 Å². The molecule has 2 heteroatoms. The van der Waals surface area contributed by atoms with Crippen molar-refractivity contribution in [1.29, 1.82) is 0 Å².